The Bertz CT molecular complexity index is 901. The molecule has 0 radical (unpaired) electrons. The Balaban J connectivity index is 5.49. The van der Waals surface area contributed by atoms with Crippen molar-refractivity contribution in [3.05, 3.63) is 0 Å². The van der Waals surface area contributed by atoms with Gasteiger partial charge in [0.25, 0.3) is 0 Å². The van der Waals surface area contributed by atoms with Gasteiger partial charge in [-0.15, -0.1) is 0 Å². The van der Waals surface area contributed by atoms with Gasteiger partial charge in [-0.3, -0.25) is 24.1 Å². The number of hydrogen-bond donors (Lipinski definition) is 1. The maximum atomic E-state index is 13.2. The summed E-state index contributed by atoms with van der Waals surface area (Å²) in [5, 5.41) is 2.73. The molecule has 0 fully saturated rings. The van der Waals surface area contributed by atoms with E-state index in [0.29, 0.717) is 30.2 Å². The third-order valence-corrected chi connectivity index (χ3v) is 7.06. The van der Waals surface area contributed by atoms with Gasteiger partial charge in [0, 0.05) is 25.0 Å². The normalized spacial score (nSPS) is 13.5. The fraction of sp³-hybridized carbons (Fsp3) is 0.846. The molecule has 0 saturated carbocycles. The second-order valence-corrected chi connectivity index (χ2v) is 16.8. The van der Waals surface area contributed by atoms with Crippen LogP contribution < -0.4 is 5.32 Å². The summed E-state index contributed by atoms with van der Waals surface area (Å²) >= 11 is 0. The van der Waals surface area contributed by atoms with E-state index >= 15 is 0 Å². The van der Waals surface area contributed by atoms with E-state index in [2.05, 4.69) is 5.32 Å². The number of ether oxygens (including phenoxy) is 3. The summed E-state index contributed by atoms with van der Waals surface area (Å²) in [6, 6.07) is -0.939. The van der Waals surface area contributed by atoms with Gasteiger partial charge in [-0.05, 0) is 92.4 Å². The largest absolute Gasteiger partial charge is 0.459 e. The minimum Gasteiger partial charge on any atom is -0.459 e. The summed E-state index contributed by atoms with van der Waals surface area (Å²) in [5.41, 5.74) is -2.31. The van der Waals surface area contributed by atoms with Crippen molar-refractivity contribution in [3.8, 4) is 0 Å². The maximum Gasteiger partial charge on any atom is 0.323 e. The van der Waals surface area contributed by atoms with E-state index in [-0.39, 0.29) is 37.6 Å². The summed E-state index contributed by atoms with van der Waals surface area (Å²) in [6.45, 7) is 15.2. The smallest absolute Gasteiger partial charge is 0.323 e. The summed E-state index contributed by atoms with van der Waals surface area (Å²) < 4.78 is 38.8. The number of unbranched alkanes of at least 4 members (excludes halogenated alkanes) is 1. The minimum atomic E-state index is -3.20. The molecule has 0 rings (SSSR count). The van der Waals surface area contributed by atoms with Gasteiger partial charge in [-0.25, -0.2) is 8.42 Å². The van der Waals surface area contributed by atoms with E-state index in [4.69, 9.17) is 14.2 Å². The first-order valence-corrected chi connectivity index (χ1v) is 16.4. The third-order valence-electron chi connectivity index (χ3n) is 4.48. The molecule has 0 saturated heterocycles. The van der Waals surface area contributed by atoms with Crippen LogP contribution in [0.4, 0.5) is 0 Å². The molecule has 0 aliphatic heterocycles. The SMILES string of the molecule is CC(C)(C)OC(=O)CN(CC(=O)OC(C)(C)C)[C@@H](CCCCNC(=O)CCSS(C)(=O)=O)C(=O)OC(C)(C)C. The Morgan fingerprint density at radius 3 is 1.67 bits per heavy atom. The van der Waals surface area contributed by atoms with Crippen molar-refractivity contribution in [2.45, 2.75) is 111 Å². The highest BCUT2D eigenvalue weighted by molar-refractivity contribution is 8.71. The molecule has 0 bridgehead atoms. The number of nitrogens with one attached hydrogen (secondary N) is 1. The standard InChI is InChI=1S/C26H48N2O9S2/c1-24(2,3)35-21(30)17-28(18-22(31)36-25(4,5)6)19(23(32)37-26(7,8)9)13-11-12-15-27-20(29)14-16-38-39(10,33)34/h19H,11-18H2,1-10H3,(H,27,29)/t19-/m0/s1. The van der Waals surface area contributed by atoms with Crippen molar-refractivity contribution in [1.29, 1.82) is 0 Å². The predicted octanol–water partition coefficient (Wildman–Crippen LogP) is 3.05. The fourth-order valence-corrected chi connectivity index (χ4v) is 4.97. The highest BCUT2D eigenvalue weighted by atomic mass is 33.1. The minimum absolute atomic E-state index is 0.0673. The van der Waals surface area contributed by atoms with Crippen molar-refractivity contribution in [2.75, 3.05) is 31.6 Å². The van der Waals surface area contributed by atoms with Gasteiger partial charge in [-0.1, -0.05) is 0 Å². The number of hydrogen-bond acceptors (Lipinski definition) is 11. The van der Waals surface area contributed by atoms with Crippen molar-refractivity contribution < 1.29 is 41.8 Å². The molecule has 1 atom stereocenters. The average Bonchev–Trinajstić information content (AvgIpc) is 2.64. The van der Waals surface area contributed by atoms with E-state index < -0.39 is 49.6 Å². The lowest BCUT2D eigenvalue weighted by atomic mass is 10.1. The van der Waals surface area contributed by atoms with Crippen LogP contribution in [0.1, 0.15) is 88.0 Å². The van der Waals surface area contributed by atoms with Crippen LogP contribution in [-0.2, 0) is 42.3 Å². The van der Waals surface area contributed by atoms with Crippen LogP contribution in [0.25, 0.3) is 0 Å². The zero-order chi connectivity index (χ0) is 30.7. The first-order valence-electron chi connectivity index (χ1n) is 13.0. The van der Waals surface area contributed by atoms with Crippen molar-refractivity contribution in [2.24, 2.45) is 0 Å². The van der Waals surface area contributed by atoms with Crippen LogP contribution >= 0.6 is 10.8 Å². The Morgan fingerprint density at radius 1 is 0.795 bits per heavy atom. The number of carbonyl (C=O) groups is 4. The molecule has 0 aliphatic rings. The molecule has 0 heterocycles. The summed E-state index contributed by atoms with van der Waals surface area (Å²) in [5.74, 6) is -1.89. The van der Waals surface area contributed by atoms with Gasteiger partial charge >= 0.3 is 17.9 Å². The van der Waals surface area contributed by atoms with Crippen molar-refractivity contribution in [1.82, 2.24) is 10.2 Å². The second kappa shape index (κ2) is 15.8. The Labute approximate surface area is 237 Å². The fourth-order valence-electron chi connectivity index (χ4n) is 3.24. The highest BCUT2D eigenvalue weighted by Crippen LogP contribution is 2.18. The predicted molar refractivity (Wildman–Crippen MR) is 152 cm³/mol. The molecule has 0 unspecified atom stereocenters. The van der Waals surface area contributed by atoms with E-state index in [1.165, 1.54) is 4.90 Å². The average molecular weight is 597 g/mol. The topological polar surface area (TPSA) is 145 Å². The monoisotopic (exact) mass is 596 g/mol. The molecule has 1 N–H and O–H groups in total. The zero-order valence-corrected chi connectivity index (χ0v) is 26.8. The molecule has 0 aromatic heterocycles. The molecular weight excluding hydrogens is 548 g/mol. The lowest BCUT2D eigenvalue weighted by molar-refractivity contribution is -0.168. The summed E-state index contributed by atoms with van der Waals surface area (Å²) in [7, 11) is -2.49. The maximum absolute atomic E-state index is 13.2. The van der Waals surface area contributed by atoms with Crippen LogP contribution in [0.15, 0.2) is 0 Å². The summed E-state index contributed by atoms with van der Waals surface area (Å²) in [4.78, 5) is 52.0. The number of rotatable bonds is 15. The molecule has 0 aliphatic carbocycles. The zero-order valence-electron chi connectivity index (χ0n) is 25.2. The highest BCUT2D eigenvalue weighted by Gasteiger charge is 2.34. The molecule has 0 aromatic rings. The number of amides is 1. The Hall–Kier alpha value is -1.86. The Morgan fingerprint density at radius 2 is 1.26 bits per heavy atom. The van der Waals surface area contributed by atoms with Crippen LogP contribution in [0.3, 0.4) is 0 Å². The van der Waals surface area contributed by atoms with Crippen LogP contribution in [0.2, 0.25) is 0 Å². The van der Waals surface area contributed by atoms with Gasteiger partial charge in [-0.2, -0.15) is 0 Å². The summed E-state index contributed by atoms with van der Waals surface area (Å²) in [6.07, 6.45) is 2.39. The van der Waals surface area contributed by atoms with Gasteiger partial charge in [0.05, 0.1) is 13.1 Å². The molecule has 1 amide bonds. The molecular formula is C26H48N2O9S2. The van der Waals surface area contributed by atoms with Crippen LogP contribution in [0.5, 0.6) is 0 Å². The molecule has 39 heavy (non-hydrogen) atoms. The lowest BCUT2D eigenvalue weighted by Gasteiger charge is -2.33. The first-order chi connectivity index (χ1) is 17.5. The molecule has 228 valence electrons. The van der Waals surface area contributed by atoms with Gasteiger partial charge in [0.2, 0.25) is 5.91 Å². The number of nitrogens with zero attached hydrogens (tertiary/aromatic N) is 1. The molecule has 0 spiro atoms. The van der Waals surface area contributed by atoms with Gasteiger partial charge in [0.1, 0.15) is 22.8 Å². The van der Waals surface area contributed by atoms with Crippen molar-refractivity contribution >= 4 is 43.5 Å². The van der Waals surface area contributed by atoms with Gasteiger partial charge < -0.3 is 19.5 Å². The van der Waals surface area contributed by atoms with Crippen LogP contribution in [-0.4, -0.2) is 91.6 Å². The van der Waals surface area contributed by atoms with E-state index in [0.717, 1.165) is 6.26 Å². The third kappa shape index (κ3) is 21.6. The van der Waals surface area contributed by atoms with Crippen LogP contribution in [0, 0.1) is 0 Å². The molecule has 0 aromatic carbocycles. The second-order valence-electron chi connectivity index (χ2n) is 12.2. The first kappa shape index (κ1) is 37.1. The van der Waals surface area contributed by atoms with E-state index in [1.54, 1.807) is 62.3 Å². The van der Waals surface area contributed by atoms with Gasteiger partial charge in [0.15, 0.2) is 8.87 Å². The number of carbonyl (C=O) groups excluding carboxylic acids is 4. The van der Waals surface area contributed by atoms with E-state index in [1.807, 2.05) is 0 Å². The number of esters is 3. The molecule has 13 heteroatoms. The van der Waals surface area contributed by atoms with E-state index in [9.17, 15) is 27.6 Å². The Kier molecular flexibility index (Phi) is 15.0. The lowest BCUT2D eigenvalue weighted by Crippen LogP contribution is -2.50. The van der Waals surface area contributed by atoms with Crippen molar-refractivity contribution in [3.63, 3.8) is 0 Å². The molecule has 11 nitrogen and oxygen atoms in total. The quantitative estimate of drug-likeness (QED) is 0.129.